The first-order chi connectivity index (χ1) is 11.6. The molecule has 0 saturated heterocycles. The number of anilines is 1. The summed E-state index contributed by atoms with van der Waals surface area (Å²) in [6.45, 7) is 1.90. The van der Waals surface area contributed by atoms with Gasteiger partial charge in [-0.15, -0.1) is 0 Å². The van der Waals surface area contributed by atoms with E-state index in [1.807, 2.05) is 67.6 Å². The molecule has 0 unspecified atom stereocenters. The number of halogens is 1. The number of hydrogen-bond acceptors (Lipinski definition) is 3. The zero-order valence-electron chi connectivity index (χ0n) is 13.4. The predicted octanol–water partition coefficient (Wildman–Crippen LogP) is 4.83. The van der Waals surface area contributed by atoms with Crippen LogP contribution in [0.15, 0.2) is 64.2 Å². The second kappa shape index (κ2) is 9.20. The number of nitrogens with zero attached hydrogens (tertiary/aromatic N) is 1. The minimum atomic E-state index is 0.439. The minimum Gasteiger partial charge on any atom is -0.497 e. The number of hydrogen-bond donors (Lipinski definition) is 2. The van der Waals surface area contributed by atoms with Crippen LogP contribution in [0.25, 0.3) is 6.08 Å². The van der Waals surface area contributed by atoms with E-state index >= 15 is 0 Å². The van der Waals surface area contributed by atoms with Crippen LogP contribution in [0.3, 0.4) is 0 Å². The van der Waals surface area contributed by atoms with Gasteiger partial charge >= 0.3 is 0 Å². The van der Waals surface area contributed by atoms with Gasteiger partial charge in [-0.05, 0) is 67.2 Å². The Bertz CT molecular complexity index is 740. The van der Waals surface area contributed by atoms with Crippen LogP contribution in [0.4, 0.5) is 5.69 Å². The lowest BCUT2D eigenvalue weighted by atomic mass is 10.2. The second-order valence-corrected chi connectivity index (χ2v) is 6.26. The molecule has 0 radical (unpaired) electrons. The summed E-state index contributed by atoms with van der Waals surface area (Å²) in [5, 5.41) is 7.73. The zero-order valence-corrected chi connectivity index (χ0v) is 15.8. The third-order valence-electron chi connectivity index (χ3n) is 3.07. The number of nitrogens with one attached hydrogen (secondary N) is 2. The number of allylic oxidation sites excluding steroid dienone is 1. The fraction of sp³-hybridized carbons (Fsp3) is 0.111. The van der Waals surface area contributed by atoms with Crippen LogP contribution in [-0.4, -0.2) is 17.9 Å². The summed E-state index contributed by atoms with van der Waals surface area (Å²) in [6.07, 6.45) is 3.89. The Balaban J connectivity index is 1.86. The van der Waals surface area contributed by atoms with Gasteiger partial charge in [0.25, 0.3) is 0 Å². The molecule has 24 heavy (non-hydrogen) atoms. The van der Waals surface area contributed by atoms with E-state index in [0.29, 0.717) is 5.11 Å². The zero-order chi connectivity index (χ0) is 17.4. The molecule has 0 fully saturated rings. The van der Waals surface area contributed by atoms with Gasteiger partial charge < -0.3 is 10.1 Å². The van der Waals surface area contributed by atoms with E-state index < -0.39 is 0 Å². The first kappa shape index (κ1) is 18.2. The number of rotatable bonds is 5. The van der Waals surface area contributed by atoms with Crippen molar-refractivity contribution < 1.29 is 4.74 Å². The van der Waals surface area contributed by atoms with E-state index in [4.69, 9.17) is 17.0 Å². The van der Waals surface area contributed by atoms with Crippen LogP contribution in [0.2, 0.25) is 0 Å². The van der Waals surface area contributed by atoms with Crippen LogP contribution in [-0.2, 0) is 0 Å². The third-order valence-corrected chi connectivity index (χ3v) is 3.79. The molecule has 0 atom stereocenters. The van der Waals surface area contributed by atoms with Crippen molar-refractivity contribution in [2.75, 3.05) is 12.4 Å². The summed E-state index contributed by atoms with van der Waals surface area (Å²) < 4.78 is 6.15. The molecule has 0 aliphatic rings. The molecule has 0 aliphatic carbocycles. The first-order valence-corrected chi connectivity index (χ1v) is 8.46. The van der Waals surface area contributed by atoms with Crippen LogP contribution in [0, 0.1) is 0 Å². The fourth-order valence-electron chi connectivity index (χ4n) is 1.80. The molecule has 0 saturated carbocycles. The normalized spacial score (nSPS) is 11.4. The predicted molar refractivity (Wildman–Crippen MR) is 109 cm³/mol. The van der Waals surface area contributed by atoms with Crippen molar-refractivity contribution in [2.45, 2.75) is 6.92 Å². The SMILES string of the molecule is COc1ccc(C=CC(C)=NNC(=S)Nc2ccc(Br)cc2)cc1. The molecule has 124 valence electrons. The Labute approximate surface area is 155 Å². The topological polar surface area (TPSA) is 45.6 Å². The summed E-state index contributed by atoms with van der Waals surface area (Å²) in [6, 6.07) is 15.5. The van der Waals surface area contributed by atoms with Gasteiger partial charge in [-0.3, -0.25) is 5.43 Å². The van der Waals surface area contributed by atoms with Gasteiger partial charge in [0.15, 0.2) is 5.11 Å². The molecule has 0 spiro atoms. The monoisotopic (exact) mass is 403 g/mol. The van der Waals surface area contributed by atoms with Crippen molar-refractivity contribution in [1.29, 1.82) is 0 Å². The summed E-state index contributed by atoms with van der Waals surface area (Å²) in [5.41, 5.74) is 5.61. The maximum atomic E-state index is 5.21. The van der Waals surface area contributed by atoms with Crippen molar-refractivity contribution in [2.24, 2.45) is 5.10 Å². The Kier molecular flexibility index (Phi) is 6.96. The minimum absolute atomic E-state index is 0.439. The molecule has 2 aromatic carbocycles. The Morgan fingerprint density at radius 3 is 2.42 bits per heavy atom. The average Bonchev–Trinajstić information content (AvgIpc) is 2.60. The number of benzene rings is 2. The smallest absolute Gasteiger partial charge is 0.191 e. The van der Waals surface area contributed by atoms with Gasteiger partial charge in [-0.2, -0.15) is 5.10 Å². The molecule has 2 rings (SSSR count). The summed E-state index contributed by atoms with van der Waals surface area (Å²) in [7, 11) is 1.65. The highest BCUT2D eigenvalue weighted by atomic mass is 79.9. The first-order valence-electron chi connectivity index (χ1n) is 7.26. The van der Waals surface area contributed by atoms with Crippen molar-refractivity contribution in [3.8, 4) is 5.75 Å². The highest BCUT2D eigenvalue weighted by Crippen LogP contribution is 2.14. The molecule has 0 heterocycles. The number of hydrazone groups is 1. The largest absolute Gasteiger partial charge is 0.497 e. The average molecular weight is 404 g/mol. The molecular formula is C18H18BrN3OS. The van der Waals surface area contributed by atoms with E-state index in [2.05, 4.69) is 31.8 Å². The lowest BCUT2D eigenvalue weighted by molar-refractivity contribution is 0.415. The number of methoxy groups -OCH3 is 1. The van der Waals surface area contributed by atoms with Gasteiger partial charge in [0.2, 0.25) is 0 Å². The van der Waals surface area contributed by atoms with Crippen LogP contribution in [0.1, 0.15) is 12.5 Å². The molecule has 2 N–H and O–H groups in total. The van der Waals surface area contributed by atoms with Gasteiger partial charge in [-0.25, -0.2) is 0 Å². The fourth-order valence-corrected chi connectivity index (χ4v) is 2.23. The Hall–Kier alpha value is -2.18. The second-order valence-electron chi connectivity index (χ2n) is 4.93. The summed E-state index contributed by atoms with van der Waals surface area (Å²) in [4.78, 5) is 0. The van der Waals surface area contributed by atoms with E-state index in [-0.39, 0.29) is 0 Å². The number of ether oxygens (including phenoxy) is 1. The van der Waals surface area contributed by atoms with E-state index in [1.165, 1.54) is 0 Å². The molecule has 6 heteroatoms. The van der Waals surface area contributed by atoms with Gasteiger partial charge in [-0.1, -0.05) is 34.1 Å². The molecule has 2 aromatic rings. The molecule has 0 bridgehead atoms. The van der Waals surface area contributed by atoms with Crippen LogP contribution >= 0.6 is 28.1 Å². The lowest BCUT2D eigenvalue weighted by Crippen LogP contribution is -2.24. The highest BCUT2D eigenvalue weighted by Gasteiger charge is 1.96. The van der Waals surface area contributed by atoms with Crippen LogP contribution < -0.4 is 15.5 Å². The molecule has 0 aromatic heterocycles. The molecule has 4 nitrogen and oxygen atoms in total. The van der Waals surface area contributed by atoms with Crippen molar-refractivity contribution in [3.63, 3.8) is 0 Å². The highest BCUT2D eigenvalue weighted by molar-refractivity contribution is 9.10. The lowest BCUT2D eigenvalue weighted by Gasteiger charge is -2.07. The Morgan fingerprint density at radius 2 is 1.79 bits per heavy atom. The van der Waals surface area contributed by atoms with Crippen molar-refractivity contribution in [3.05, 3.63) is 64.6 Å². The van der Waals surface area contributed by atoms with Gasteiger partial charge in [0.05, 0.1) is 12.8 Å². The van der Waals surface area contributed by atoms with E-state index in [0.717, 1.165) is 27.2 Å². The summed E-state index contributed by atoms with van der Waals surface area (Å²) in [5.74, 6) is 0.837. The maximum Gasteiger partial charge on any atom is 0.191 e. The maximum absolute atomic E-state index is 5.21. The van der Waals surface area contributed by atoms with Crippen molar-refractivity contribution >= 4 is 50.7 Å². The van der Waals surface area contributed by atoms with Gasteiger partial charge in [0, 0.05) is 10.2 Å². The molecule has 0 aliphatic heterocycles. The van der Waals surface area contributed by atoms with Crippen molar-refractivity contribution in [1.82, 2.24) is 5.43 Å². The summed E-state index contributed by atoms with van der Waals surface area (Å²) >= 11 is 8.61. The van der Waals surface area contributed by atoms with Gasteiger partial charge in [0.1, 0.15) is 5.75 Å². The van der Waals surface area contributed by atoms with E-state index in [9.17, 15) is 0 Å². The third kappa shape index (κ3) is 6.14. The Morgan fingerprint density at radius 1 is 1.12 bits per heavy atom. The van der Waals surface area contributed by atoms with Crippen LogP contribution in [0.5, 0.6) is 5.75 Å². The standard InChI is InChI=1S/C18H18BrN3OS/c1-13(3-4-14-5-11-17(23-2)12-6-14)21-22-18(24)20-16-9-7-15(19)8-10-16/h3-12H,1-2H3,(H2,20,22,24). The number of thiocarbonyl (C=S) groups is 1. The van der Waals surface area contributed by atoms with E-state index in [1.54, 1.807) is 7.11 Å². The quantitative estimate of drug-likeness (QED) is 0.426. The molecular weight excluding hydrogens is 386 g/mol. The molecule has 0 amide bonds.